The van der Waals surface area contributed by atoms with E-state index in [-0.39, 0.29) is 17.6 Å². The van der Waals surface area contributed by atoms with Gasteiger partial charge < -0.3 is 19.9 Å². The Morgan fingerprint density at radius 2 is 1.61 bits per heavy atom. The van der Waals surface area contributed by atoms with Crippen molar-refractivity contribution < 1.29 is 14.3 Å². The summed E-state index contributed by atoms with van der Waals surface area (Å²) < 4.78 is 13.8. The lowest BCUT2D eigenvalue weighted by Crippen LogP contribution is -2.21. The van der Waals surface area contributed by atoms with Gasteiger partial charge in [-0.1, -0.05) is 36.4 Å². The molecule has 0 aliphatic carbocycles. The maximum atomic E-state index is 13.8. The van der Waals surface area contributed by atoms with E-state index in [4.69, 9.17) is 4.99 Å². The SMILES string of the molecule is CN(C)Cc1ccc(N=C(c2ccc(CCC(=O)N(C)C)cc2)c2c(O)[nH]c3cc(F)ccc23)cc1. The van der Waals surface area contributed by atoms with Crippen LogP contribution in [0.4, 0.5) is 10.1 Å². The third-order valence-electron chi connectivity index (χ3n) is 6.01. The molecule has 0 unspecified atom stereocenters. The van der Waals surface area contributed by atoms with Crippen molar-refractivity contribution in [2.45, 2.75) is 19.4 Å². The molecule has 0 saturated heterocycles. The summed E-state index contributed by atoms with van der Waals surface area (Å²) in [4.78, 5) is 23.4. The number of nitrogens with zero attached hydrogens (tertiary/aromatic N) is 3. The van der Waals surface area contributed by atoms with Gasteiger partial charge in [-0.05, 0) is 62.0 Å². The number of H-pyrrole nitrogens is 1. The lowest BCUT2D eigenvalue weighted by atomic mass is 9.98. The largest absolute Gasteiger partial charge is 0.494 e. The van der Waals surface area contributed by atoms with Crippen LogP contribution in [0.15, 0.2) is 71.7 Å². The normalized spacial score (nSPS) is 11.9. The number of benzene rings is 3. The number of amides is 1. The van der Waals surface area contributed by atoms with E-state index < -0.39 is 0 Å². The zero-order chi connectivity index (χ0) is 25.8. The minimum absolute atomic E-state index is 0.0702. The van der Waals surface area contributed by atoms with E-state index in [9.17, 15) is 14.3 Å². The molecule has 36 heavy (non-hydrogen) atoms. The number of nitrogens with one attached hydrogen (secondary N) is 1. The first kappa shape index (κ1) is 25.1. The maximum absolute atomic E-state index is 13.8. The van der Waals surface area contributed by atoms with Crippen LogP contribution in [0.2, 0.25) is 0 Å². The number of hydrogen-bond acceptors (Lipinski definition) is 4. The molecular weight excluding hydrogens is 455 g/mol. The number of aromatic hydroxyl groups is 1. The van der Waals surface area contributed by atoms with Gasteiger partial charge >= 0.3 is 0 Å². The molecule has 1 heterocycles. The van der Waals surface area contributed by atoms with Crippen LogP contribution in [0.3, 0.4) is 0 Å². The number of halogens is 1. The molecule has 0 radical (unpaired) electrons. The van der Waals surface area contributed by atoms with Crippen molar-refractivity contribution in [3.8, 4) is 5.88 Å². The number of carbonyl (C=O) groups excluding carboxylic acids is 1. The quantitative estimate of drug-likeness (QED) is 0.334. The van der Waals surface area contributed by atoms with Crippen LogP contribution in [-0.4, -0.2) is 59.7 Å². The van der Waals surface area contributed by atoms with Crippen LogP contribution in [0.5, 0.6) is 5.88 Å². The Bertz CT molecular complexity index is 1390. The Labute approximate surface area is 210 Å². The smallest absolute Gasteiger partial charge is 0.222 e. The first-order valence-electron chi connectivity index (χ1n) is 11.8. The molecule has 7 heteroatoms. The zero-order valence-corrected chi connectivity index (χ0v) is 21.0. The van der Waals surface area contributed by atoms with E-state index >= 15 is 0 Å². The number of aryl methyl sites for hydroxylation is 1. The van der Waals surface area contributed by atoms with E-state index in [1.54, 1.807) is 25.1 Å². The minimum Gasteiger partial charge on any atom is -0.494 e. The molecule has 0 aliphatic rings. The molecule has 6 nitrogen and oxygen atoms in total. The van der Waals surface area contributed by atoms with Crippen LogP contribution in [-0.2, 0) is 17.8 Å². The summed E-state index contributed by atoms with van der Waals surface area (Å²) in [6, 6.07) is 20.2. The average Bonchev–Trinajstić information content (AvgIpc) is 3.16. The molecule has 1 amide bonds. The van der Waals surface area contributed by atoms with E-state index in [0.717, 1.165) is 23.4 Å². The Kier molecular flexibility index (Phi) is 7.50. The number of fused-ring (bicyclic) bond motifs is 1. The number of aromatic amines is 1. The summed E-state index contributed by atoms with van der Waals surface area (Å²) >= 11 is 0. The summed E-state index contributed by atoms with van der Waals surface area (Å²) in [5.41, 5.74) is 5.32. The van der Waals surface area contributed by atoms with Gasteiger partial charge in [0.05, 0.1) is 22.5 Å². The number of rotatable bonds is 8. The molecule has 0 spiro atoms. The second kappa shape index (κ2) is 10.7. The van der Waals surface area contributed by atoms with Gasteiger partial charge in [0, 0.05) is 38.0 Å². The molecule has 4 rings (SSSR count). The first-order chi connectivity index (χ1) is 17.2. The number of aromatic nitrogens is 1. The highest BCUT2D eigenvalue weighted by molar-refractivity contribution is 6.21. The molecule has 0 bridgehead atoms. The molecule has 2 N–H and O–H groups in total. The van der Waals surface area contributed by atoms with Crippen molar-refractivity contribution in [1.29, 1.82) is 0 Å². The van der Waals surface area contributed by atoms with Crippen LogP contribution in [0.1, 0.15) is 28.7 Å². The predicted molar refractivity (Wildman–Crippen MR) is 143 cm³/mol. The zero-order valence-electron chi connectivity index (χ0n) is 21.0. The molecule has 4 aromatic rings. The third kappa shape index (κ3) is 5.80. The molecule has 0 saturated carbocycles. The third-order valence-corrected chi connectivity index (χ3v) is 6.01. The molecule has 1 aromatic heterocycles. The standard InChI is InChI=1S/C29H31FN4O2/c1-33(2)18-20-7-13-23(14-8-20)31-28(27-24-15-12-22(30)17-25(24)32-29(27)36)21-10-5-19(6-11-21)9-16-26(35)34(3)4/h5-8,10-15,17,32,36H,9,16,18H2,1-4H3. The van der Waals surface area contributed by atoms with Gasteiger partial charge in [-0.25, -0.2) is 9.38 Å². The van der Waals surface area contributed by atoms with Gasteiger partial charge in [0.15, 0.2) is 5.88 Å². The molecular formula is C29H31FN4O2. The van der Waals surface area contributed by atoms with Crippen molar-refractivity contribution in [2.75, 3.05) is 28.2 Å². The van der Waals surface area contributed by atoms with Gasteiger partial charge in [-0.2, -0.15) is 0 Å². The number of aliphatic imine (C=N–C) groups is 1. The predicted octanol–water partition coefficient (Wildman–Crippen LogP) is 5.26. The molecule has 186 valence electrons. The number of hydrogen-bond donors (Lipinski definition) is 2. The summed E-state index contributed by atoms with van der Waals surface area (Å²) in [6.45, 7) is 0.823. The van der Waals surface area contributed by atoms with Crippen molar-refractivity contribution in [2.24, 2.45) is 4.99 Å². The van der Waals surface area contributed by atoms with Crippen molar-refractivity contribution in [3.63, 3.8) is 0 Å². The van der Waals surface area contributed by atoms with E-state index in [1.807, 2.05) is 62.6 Å². The highest BCUT2D eigenvalue weighted by Gasteiger charge is 2.19. The lowest BCUT2D eigenvalue weighted by Gasteiger charge is -2.12. The maximum Gasteiger partial charge on any atom is 0.222 e. The molecule has 0 fully saturated rings. The minimum atomic E-state index is -0.387. The highest BCUT2D eigenvalue weighted by Crippen LogP contribution is 2.32. The van der Waals surface area contributed by atoms with Crippen molar-refractivity contribution >= 4 is 28.2 Å². The van der Waals surface area contributed by atoms with Crippen LogP contribution < -0.4 is 0 Å². The second-order valence-corrected chi connectivity index (χ2v) is 9.39. The van der Waals surface area contributed by atoms with Gasteiger partial charge in [-0.15, -0.1) is 0 Å². The molecule has 0 atom stereocenters. The summed E-state index contributed by atoms with van der Waals surface area (Å²) in [5.74, 6) is -0.379. The van der Waals surface area contributed by atoms with Gasteiger partial charge in [0.2, 0.25) is 5.91 Å². The fourth-order valence-electron chi connectivity index (χ4n) is 4.13. The van der Waals surface area contributed by atoms with E-state index in [1.165, 1.54) is 17.7 Å². The Balaban J connectivity index is 1.75. The Morgan fingerprint density at radius 1 is 0.944 bits per heavy atom. The van der Waals surface area contributed by atoms with Gasteiger partial charge in [0.25, 0.3) is 0 Å². The fraction of sp³-hybridized carbons (Fsp3) is 0.241. The van der Waals surface area contributed by atoms with Gasteiger partial charge in [0.1, 0.15) is 5.82 Å². The summed E-state index contributed by atoms with van der Waals surface area (Å²) in [6.07, 6.45) is 1.07. The fourth-order valence-corrected chi connectivity index (χ4v) is 4.13. The molecule has 0 aliphatic heterocycles. The average molecular weight is 487 g/mol. The van der Waals surface area contributed by atoms with Crippen molar-refractivity contribution in [1.82, 2.24) is 14.8 Å². The topological polar surface area (TPSA) is 71.9 Å². The lowest BCUT2D eigenvalue weighted by molar-refractivity contribution is -0.128. The molecule has 3 aromatic carbocycles. The van der Waals surface area contributed by atoms with Crippen LogP contribution in [0.25, 0.3) is 10.9 Å². The Hall–Kier alpha value is -3.97. The monoisotopic (exact) mass is 486 g/mol. The second-order valence-electron chi connectivity index (χ2n) is 9.39. The van der Waals surface area contributed by atoms with Crippen LogP contribution >= 0.6 is 0 Å². The van der Waals surface area contributed by atoms with Crippen molar-refractivity contribution in [3.05, 3.63) is 94.8 Å². The van der Waals surface area contributed by atoms with E-state index in [0.29, 0.717) is 35.0 Å². The number of carbonyl (C=O) groups is 1. The van der Waals surface area contributed by atoms with Gasteiger partial charge in [-0.3, -0.25) is 4.79 Å². The first-order valence-corrected chi connectivity index (χ1v) is 11.8. The van der Waals surface area contributed by atoms with E-state index in [2.05, 4.69) is 9.88 Å². The summed E-state index contributed by atoms with van der Waals surface area (Å²) in [7, 11) is 7.54. The van der Waals surface area contributed by atoms with Crippen LogP contribution in [0, 0.1) is 5.82 Å². The highest BCUT2D eigenvalue weighted by atomic mass is 19.1. The Morgan fingerprint density at radius 3 is 2.25 bits per heavy atom. The summed E-state index contributed by atoms with van der Waals surface area (Å²) in [5, 5.41) is 11.5.